The maximum absolute atomic E-state index is 12.6. The van der Waals surface area contributed by atoms with Crippen molar-refractivity contribution in [3.8, 4) is 5.75 Å². The fourth-order valence-electron chi connectivity index (χ4n) is 3.76. The number of nitrogens with zero attached hydrogens (tertiary/aromatic N) is 3. The summed E-state index contributed by atoms with van der Waals surface area (Å²) in [5.41, 5.74) is 5.11. The number of nitrogens with one attached hydrogen (secondary N) is 3. The monoisotopic (exact) mass is 470 g/mol. The average Bonchev–Trinajstić information content (AvgIpc) is 3.25. The number of aryl methyl sites for hydroxylation is 3. The summed E-state index contributed by atoms with van der Waals surface area (Å²) in [7, 11) is 0. The standard InChI is InChI=1S/C27H30N6O2/c1-4-20-9-11-22(12-10-20)35-17-25(34)32-26(33-27-30-18(2)15-19(3)31-27)28-14-13-21-16-29-24-8-6-5-7-23(21)24/h5-12,15-16,29H,4,13-14,17H2,1-3H3,(H2,28,30,31,32,33,34). The van der Waals surface area contributed by atoms with Gasteiger partial charge in [0.15, 0.2) is 6.61 Å². The third kappa shape index (κ3) is 6.66. The van der Waals surface area contributed by atoms with Crippen LogP contribution in [-0.4, -0.2) is 40.0 Å². The highest BCUT2D eigenvalue weighted by Gasteiger charge is 2.11. The Morgan fingerprint density at radius 2 is 1.80 bits per heavy atom. The Morgan fingerprint density at radius 1 is 1.06 bits per heavy atom. The van der Waals surface area contributed by atoms with Crippen LogP contribution >= 0.6 is 0 Å². The van der Waals surface area contributed by atoms with Crippen LogP contribution in [0.3, 0.4) is 0 Å². The Hall–Kier alpha value is -4.20. The van der Waals surface area contributed by atoms with Gasteiger partial charge in [0.05, 0.1) is 0 Å². The number of rotatable bonds is 8. The Balaban J connectivity index is 1.43. The lowest BCUT2D eigenvalue weighted by Gasteiger charge is -2.12. The van der Waals surface area contributed by atoms with E-state index in [0.29, 0.717) is 24.7 Å². The van der Waals surface area contributed by atoms with Crippen LogP contribution in [0.25, 0.3) is 10.9 Å². The van der Waals surface area contributed by atoms with Crippen LogP contribution in [0.1, 0.15) is 29.4 Å². The van der Waals surface area contributed by atoms with Gasteiger partial charge in [-0.2, -0.15) is 0 Å². The number of H-pyrrole nitrogens is 1. The van der Waals surface area contributed by atoms with Gasteiger partial charge in [0.2, 0.25) is 11.9 Å². The van der Waals surface area contributed by atoms with Gasteiger partial charge in [-0.3, -0.25) is 20.4 Å². The molecule has 2 heterocycles. The Kier molecular flexibility index (Phi) is 7.72. The highest BCUT2D eigenvalue weighted by atomic mass is 16.5. The van der Waals surface area contributed by atoms with Crippen LogP contribution in [0.4, 0.5) is 5.95 Å². The minimum Gasteiger partial charge on any atom is -0.484 e. The molecule has 1 amide bonds. The van der Waals surface area contributed by atoms with Gasteiger partial charge in [0.25, 0.3) is 5.91 Å². The molecule has 8 nitrogen and oxygen atoms in total. The molecule has 0 unspecified atom stereocenters. The molecule has 0 saturated carbocycles. The first-order valence-corrected chi connectivity index (χ1v) is 11.7. The molecule has 0 radical (unpaired) electrons. The second-order valence-electron chi connectivity index (χ2n) is 8.27. The van der Waals surface area contributed by atoms with E-state index < -0.39 is 0 Å². The molecule has 8 heteroatoms. The van der Waals surface area contributed by atoms with Gasteiger partial charge < -0.3 is 9.72 Å². The fraction of sp³-hybridized carbons (Fsp3) is 0.259. The van der Waals surface area contributed by atoms with Crippen molar-refractivity contribution < 1.29 is 9.53 Å². The number of benzene rings is 2. The molecule has 4 aromatic rings. The highest BCUT2D eigenvalue weighted by molar-refractivity contribution is 6.03. The highest BCUT2D eigenvalue weighted by Crippen LogP contribution is 2.18. The number of para-hydroxylation sites is 1. The van der Waals surface area contributed by atoms with E-state index in [4.69, 9.17) is 4.74 Å². The van der Waals surface area contributed by atoms with Crippen LogP contribution in [0.2, 0.25) is 0 Å². The quantitative estimate of drug-likeness (QED) is 0.262. The van der Waals surface area contributed by atoms with E-state index in [-0.39, 0.29) is 18.5 Å². The van der Waals surface area contributed by atoms with Crippen molar-refractivity contribution in [1.82, 2.24) is 20.3 Å². The molecule has 0 aliphatic heterocycles. The molecule has 0 atom stereocenters. The maximum Gasteiger partial charge on any atom is 0.264 e. The van der Waals surface area contributed by atoms with Gasteiger partial charge in [-0.25, -0.2) is 9.97 Å². The second kappa shape index (κ2) is 11.3. The maximum atomic E-state index is 12.6. The normalized spacial score (nSPS) is 11.5. The number of aromatic nitrogens is 3. The predicted molar refractivity (Wildman–Crippen MR) is 139 cm³/mol. The summed E-state index contributed by atoms with van der Waals surface area (Å²) in [5, 5.41) is 7.02. The van der Waals surface area contributed by atoms with E-state index in [0.717, 1.165) is 28.9 Å². The number of hydrogen-bond donors (Lipinski definition) is 3. The lowest BCUT2D eigenvalue weighted by Crippen LogP contribution is -2.39. The van der Waals surface area contributed by atoms with Gasteiger partial charge >= 0.3 is 0 Å². The lowest BCUT2D eigenvalue weighted by atomic mass is 10.1. The molecule has 0 spiro atoms. The number of anilines is 1. The van der Waals surface area contributed by atoms with Crippen molar-refractivity contribution in [2.24, 2.45) is 4.99 Å². The Bertz CT molecular complexity index is 1310. The SMILES string of the molecule is CCc1ccc(OCC(=O)NC(=NCCc2c[nH]c3ccccc23)Nc2nc(C)cc(C)n2)cc1. The second-order valence-corrected chi connectivity index (χ2v) is 8.27. The number of fused-ring (bicyclic) bond motifs is 1. The molecule has 0 aliphatic carbocycles. The summed E-state index contributed by atoms with van der Waals surface area (Å²) < 4.78 is 5.64. The summed E-state index contributed by atoms with van der Waals surface area (Å²) in [5.74, 6) is 0.975. The molecule has 0 saturated heterocycles. The number of hydrogen-bond acceptors (Lipinski definition) is 5. The summed E-state index contributed by atoms with van der Waals surface area (Å²) >= 11 is 0. The third-order valence-electron chi connectivity index (χ3n) is 5.50. The van der Waals surface area contributed by atoms with Gasteiger partial charge in [0, 0.05) is 35.0 Å². The smallest absolute Gasteiger partial charge is 0.264 e. The van der Waals surface area contributed by atoms with Gasteiger partial charge in [-0.05, 0) is 62.1 Å². The molecule has 4 rings (SSSR count). The van der Waals surface area contributed by atoms with Crippen molar-refractivity contribution >= 4 is 28.7 Å². The molecular formula is C27H30N6O2. The molecule has 0 bridgehead atoms. The van der Waals surface area contributed by atoms with Crippen LogP contribution in [0.15, 0.2) is 65.8 Å². The molecule has 0 aliphatic rings. The summed E-state index contributed by atoms with van der Waals surface area (Å²) in [6.45, 7) is 6.21. The Labute approximate surface area is 204 Å². The molecule has 180 valence electrons. The average molecular weight is 471 g/mol. The number of carbonyl (C=O) groups excluding carboxylic acids is 1. The molecule has 3 N–H and O–H groups in total. The summed E-state index contributed by atoms with van der Waals surface area (Å²) in [6, 6.07) is 17.7. The van der Waals surface area contributed by atoms with Gasteiger partial charge in [-0.1, -0.05) is 37.3 Å². The van der Waals surface area contributed by atoms with Crippen molar-refractivity contribution in [1.29, 1.82) is 0 Å². The molecular weight excluding hydrogens is 440 g/mol. The van der Waals surface area contributed by atoms with Crippen LogP contribution in [0.5, 0.6) is 5.75 Å². The zero-order chi connectivity index (χ0) is 24.6. The number of amides is 1. The van der Waals surface area contributed by atoms with E-state index in [1.807, 2.05) is 68.6 Å². The number of aliphatic imine (C=N–C) groups is 1. The first-order valence-electron chi connectivity index (χ1n) is 11.7. The number of guanidine groups is 1. The van der Waals surface area contributed by atoms with Crippen LogP contribution < -0.4 is 15.4 Å². The van der Waals surface area contributed by atoms with E-state index in [2.05, 4.69) is 43.6 Å². The zero-order valence-corrected chi connectivity index (χ0v) is 20.3. The van der Waals surface area contributed by atoms with E-state index >= 15 is 0 Å². The van der Waals surface area contributed by atoms with Crippen LogP contribution in [-0.2, 0) is 17.6 Å². The Morgan fingerprint density at radius 3 is 2.54 bits per heavy atom. The zero-order valence-electron chi connectivity index (χ0n) is 20.3. The summed E-state index contributed by atoms with van der Waals surface area (Å²) in [4.78, 5) is 29.3. The predicted octanol–water partition coefficient (Wildman–Crippen LogP) is 4.34. The number of ether oxygens (including phenoxy) is 1. The molecule has 2 aromatic heterocycles. The van der Waals surface area contributed by atoms with Crippen molar-refractivity contribution in [3.63, 3.8) is 0 Å². The number of carbonyl (C=O) groups is 1. The van der Waals surface area contributed by atoms with Crippen LogP contribution in [0, 0.1) is 13.8 Å². The first kappa shape index (κ1) is 23.9. The van der Waals surface area contributed by atoms with Crippen molar-refractivity contribution in [3.05, 3.63) is 83.3 Å². The first-order chi connectivity index (χ1) is 17.0. The van der Waals surface area contributed by atoms with Crippen molar-refractivity contribution in [2.75, 3.05) is 18.5 Å². The largest absolute Gasteiger partial charge is 0.484 e. The molecule has 2 aromatic carbocycles. The number of aromatic amines is 1. The van der Waals surface area contributed by atoms with Gasteiger partial charge in [-0.15, -0.1) is 0 Å². The lowest BCUT2D eigenvalue weighted by molar-refractivity contribution is -0.121. The third-order valence-corrected chi connectivity index (χ3v) is 5.50. The van der Waals surface area contributed by atoms with E-state index in [1.165, 1.54) is 10.9 Å². The fourth-order valence-corrected chi connectivity index (χ4v) is 3.76. The van der Waals surface area contributed by atoms with E-state index in [1.54, 1.807) is 0 Å². The molecule has 35 heavy (non-hydrogen) atoms. The summed E-state index contributed by atoms with van der Waals surface area (Å²) in [6.07, 6.45) is 3.65. The van der Waals surface area contributed by atoms with E-state index in [9.17, 15) is 4.79 Å². The minimum atomic E-state index is -0.327. The topological polar surface area (TPSA) is 104 Å². The van der Waals surface area contributed by atoms with Crippen molar-refractivity contribution in [2.45, 2.75) is 33.6 Å². The molecule has 0 fully saturated rings. The van der Waals surface area contributed by atoms with Gasteiger partial charge in [0.1, 0.15) is 5.75 Å². The minimum absolute atomic E-state index is 0.137.